The van der Waals surface area contributed by atoms with Crippen LogP contribution in [0.15, 0.2) is 36.9 Å². The minimum atomic E-state index is -1.42. The van der Waals surface area contributed by atoms with Gasteiger partial charge in [0, 0.05) is 5.02 Å². The normalized spacial score (nSPS) is 14.5. The van der Waals surface area contributed by atoms with Crippen LogP contribution in [-0.4, -0.2) is 31.6 Å². The van der Waals surface area contributed by atoms with Crippen molar-refractivity contribution in [1.82, 2.24) is 14.8 Å². The third kappa shape index (κ3) is 2.63. The molecule has 2 rings (SSSR count). The molecule has 90 valence electrons. The molecule has 1 heterocycles. The highest BCUT2D eigenvalue weighted by molar-refractivity contribution is 6.30. The van der Waals surface area contributed by atoms with Crippen molar-refractivity contribution >= 4 is 11.6 Å². The molecule has 0 aliphatic rings. The zero-order valence-electron chi connectivity index (χ0n) is 8.99. The molecule has 0 aliphatic heterocycles. The summed E-state index contributed by atoms with van der Waals surface area (Å²) in [5.74, 6) is 0. The van der Waals surface area contributed by atoms with Crippen molar-refractivity contribution in [2.75, 3.05) is 6.61 Å². The molecular weight excluding hydrogens is 242 g/mol. The van der Waals surface area contributed by atoms with Crippen molar-refractivity contribution in [2.24, 2.45) is 0 Å². The van der Waals surface area contributed by atoms with Gasteiger partial charge in [0.05, 0.1) is 13.2 Å². The van der Waals surface area contributed by atoms with Gasteiger partial charge in [0.25, 0.3) is 0 Å². The van der Waals surface area contributed by atoms with Gasteiger partial charge in [-0.25, -0.2) is 9.67 Å². The van der Waals surface area contributed by atoms with E-state index in [-0.39, 0.29) is 6.54 Å². The van der Waals surface area contributed by atoms with E-state index in [1.807, 2.05) is 0 Å². The van der Waals surface area contributed by atoms with E-state index >= 15 is 0 Å². The summed E-state index contributed by atoms with van der Waals surface area (Å²) < 4.78 is 1.46. The van der Waals surface area contributed by atoms with Crippen LogP contribution in [0.3, 0.4) is 0 Å². The summed E-state index contributed by atoms with van der Waals surface area (Å²) in [6, 6.07) is 6.76. The average molecular weight is 254 g/mol. The van der Waals surface area contributed by atoms with E-state index in [2.05, 4.69) is 10.1 Å². The topological polar surface area (TPSA) is 71.2 Å². The maximum atomic E-state index is 10.4. The fraction of sp³-hybridized carbons (Fsp3) is 0.273. The molecule has 17 heavy (non-hydrogen) atoms. The second kappa shape index (κ2) is 4.83. The van der Waals surface area contributed by atoms with Crippen LogP contribution in [0.1, 0.15) is 5.56 Å². The highest BCUT2D eigenvalue weighted by Crippen LogP contribution is 2.25. The summed E-state index contributed by atoms with van der Waals surface area (Å²) >= 11 is 5.86. The lowest BCUT2D eigenvalue weighted by Gasteiger charge is -2.26. The smallest absolute Gasteiger partial charge is 0.137 e. The number of aliphatic hydroxyl groups excluding tert-OH is 1. The van der Waals surface area contributed by atoms with E-state index < -0.39 is 12.2 Å². The van der Waals surface area contributed by atoms with Crippen molar-refractivity contribution in [2.45, 2.75) is 12.1 Å². The molecule has 0 saturated carbocycles. The summed E-state index contributed by atoms with van der Waals surface area (Å²) in [6.45, 7) is -0.308. The lowest BCUT2D eigenvalue weighted by molar-refractivity contribution is -0.0357. The fourth-order valence-electron chi connectivity index (χ4n) is 1.59. The van der Waals surface area contributed by atoms with Gasteiger partial charge in [0.1, 0.15) is 18.3 Å². The summed E-state index contributed by atoms with van der Waals surface area (Å²) in [7, 11) is 0. The monoisotopic (exact) mass is 253 g/mol. The van der Waals surface area contributed by atoms with Crippen LogP contribution in [0.5, 0.6) is 0 Å². The van der Waals surface area contributed by atoms with Gasteiger partial charge < -0.3 is 10.2 Å². The van der Waals surface area contributed by atoms with E-state index in [1.54, 1.807) is 24.3 Å². The first kappa shape index (κ1) is 12.0. The van der Waals surface area contributed by atoms with Gasteiger partial charge >= 0.3 is 0 Å². The van der Waals surface area contributed by atoms with Crippen LogP contribution >= 0.6 is 11.6 Å². The molecule has 0 aliphatic carbocycles. The zero-order valence-corrected chi connectivity index (χ0v) is 9.75. The first-order chi connectivity index (χ1) is 8.14. The number of benzene rings is 1. The third-order valence-corrected chi connectivity index (χ3v) is 2.75. The Morgan fingerprint density at radius 3 is 2.82 bits per heavy atom. The van der Waals surface area contributed by atoms with Gasteiger partial charge in [-0.2, -0.15) is 5.10 Å². The molecule has 1 unspecified atom stereocenters. The molecule has 6 heteroatoms. The Bertz CT molecular complexity index is 489. The van der Waals surface area contributed by atoms with Crippen LogP contribution in [-0.2, 0) is 12.1 Å². The molecule has 2 N–H and O–H groups in total. The zero-order chi connectivity index (χ0) is 12.3. The molecule has 2 aromatic rings. The van der Waals surface area contributed by atoms with Crippen molar-refractivity contribution in [1.29, 1.82) is 0 Å². The second-order valence-corrected chi connectivity index (χ2v) is 4.23. The average Bonchev–Trinajstić information content (AvgIpc) is 2.81. The van der Waals surface area contributed by atoms with Gasteiger partial charge in [-0.1, -0.05) is 23.7 Å². The maximum absolute atomic E-state index is 10.4. The van der Waals surface area contributed by atoms with Gasteiger partial charge in [0.15, 0.2) is 0 Å². The van der Waals surface area contributed by atoms with Gasteiger partial charge in [-0.15, -0.1) is 0 Å². The third-order valence-electron chi connectivity index (χ3n) is 2.51. The fourth-order valence-corrected chi connectivity index (χ4v) is 1.78. The number of aromatic nitrogens is 3. The van der Waals surface area contributed by atoms with E-state index in [9.17, 15) is 10.2 Å². The van der Waals surface area contributed by atoms with Gasteiger partial charge in [-0.05, 0) is 17.7 Å². The number of halogens is 1. The lowest BCUT2D eigenvalue weighted by Crippen LogP contribution is -2.35. The van der Waals surface area contributed by atoms with E-state index in [4.69, 9.17) is 11.6 Å². The minimum Gasteiger partial charge on any atom is -0.393 e. The maximum Gasteiger partial charge on any atom is 0.137 e. The van der Waals surface area contributed by atoms with Crippen molar-refractivity contribution in [3.05, 3.63) is 47.5 Å². The summed E-state index contributed by atoms with van der Waals surface area (Å²) in [5.41, 5.74) is -0.874. The number of hydrogen-bond donors (Lipinski definition) is 2. The van der Waals surface area contributed by atoms with Crippen LogP contribution in [0.25, 0.3) is 0 Å². The predicted molar refractivity (Wildman–Crippen MR) is 62.5 cm³/mol. The summed E-state index contributed by atoms with van der Waals surface area (Å²) in [4.78, 5) is 3.78. The molecule has 1 atom stereocenters. The second-order valence-electron chi connectivity index (χ2n) is 3.79. The van der Waals surface area contributed by atoms with Crippen molar-refractivity contribution in [3.8, 4) is 0 Å². The molecule has 1 aromatic heterocycles. The SMILES string of the molecule is OCC(O)(Cn1cncn1)c1cccc(Cl)c1. The summed E-state index contributed by atoms with van der Waals surface area (Å²) in [5, 5.41) is 24.2. The van der Waals surface area contributed by atoms with Crippen LogP contribution in [0.4, 0.5) is 0 Å². The standard InChI is InChI=1S/C11H12ClN3O2/c12-10-3-1-2-9(4-10)11(17,6-16)5-15-8-13-7-14-15/h1-4,7-8,16-17H,5-6H2. The predicted octanol–water partition coefficient (Wildman–Crippen LogP) is 0.812. The molecule has 0 saturated heterocycles. The largest absolute Gasteiger partial charge is 0.393 e. The molecule has 0 fully saturated rings. The quantitative estimate of drug-likeness (QED) is 0.846. The van der Waals surface area contributed by atoms with Crippen LogP contribution in [0.2, 0.25) is 5.02 Å². The van der Waals surface area contributed by atoms with Crippen LogP contribution < -0.4 is 0 Å². The number of rotatable bonds is 4. The molecule has 0 radical (unpaired) electrons. The number of hydrogen-bond acceptors (Lipinski definition) is 4. The van der Waals surface area contributed by atoms with E-state index in [1.165, 1.54) is 17.3 Å². The molecule has 0 spiro atoms. The Hall–Kier alpha value is -1.43. The molecular formula is C11H12ClN3O2. The Morgan fingerprint density at radius 1 is 1.41 bits per heavy atom. The number of nitrogens with zero attached hydrogens (tertiary/aromatic N) is 3. The Morgan fingerprint density at radius 2 is 2.24 bits per heavy atom. The highest BCUT2D eigenvalue weighted by atomic mass is 35.5. The molecule has 0 amide bonds. The Kier molecular flexibility index (Phi) is 3.42. The van der Waals surface area contributed by atoms with Gasteiger partial charge in [0.2, 0.25) is 0 Å². The minimum absolute atomic E-state index is 0.115. The van der Waals surface area contributed by atoms with E-state index in [0.29, 0.717) is 10.6 Å². The van der Waals surface area contributed by atoms with Crippen molar-refractivity contribution < 1.29 is 10.2 Å². The van der Waals surface area contributed by atoms with Crippen molar-refractivity contribution in [3.63, 3.8) is 0 Å². The lowest BCUT2D eigenvalue weighted by atomic mass is 9.95. The van der Waals surface area contributed by atoms with E-state index in [0.717, 1.165) is 0 Å². The van der Waals surface area contributed by atoms with Crippen LogP contribution in [0, 0.1) is 0 Å². The van der Waals surface area contributed by atoms with Gasteiger partial charge in [-0.3, -0.25) is 0 Å². The summed E-state index contributed by atoms with van der Waals surface area (Å²) in [6.07, 6.45) is 2.85. The number of aliphatic hydroxyl groups is 2. The highest BCUT2D eigenvalue weighted by Gasteiger charge is 2.29. The Labute approximate surface area is 103 Å². The molecule has 0 bridgehead atoms. The first-order valence-corrected chi connectivity index (χ1v) is 5.43. The first-order valence-electron chi connectivity index (χ1n) is 5.06. The molecule has 1 aromatic carbocycles. The molecule has 5 nitrogen and oxygen atoms in total. The Balaban J connectivity index is 2.30.